The smallest absolute Gasteiger partial charge is 0.264 e. The van der Waals surface area contributed by atoms with Gasteiger partial charge in [-0.3, -0.25) is 9.36 Å². The Morgan fingerprint density at radius 1 is 1.10 bits per heavy atom. The number of benzene rings is 2. The van der Waals surface area contributed by atoms with Crippen molar-refractivity contribution in [1.82, 2.24) is 24.3 Å². The second-order valence-corrected chi connectivity index (χ2v) is 7.16. The molecule has 0 radical (unpaired) electrons. The fraction of sp³-hybridized carbons (Fsp3) is 0.136. The van der Waals surface area contributed by atoms with Gasteiger partial charge in [-0.1, -0.05) is 24.3 Å². The normalized spacial score (nSPS) is 12.9. The van der Waals surface area contributed by atoms with Gasteiger partial charge >= 0.3 is 0 Å². The van der Waals surface area contributed by atoms with Crippen LogP contribution in [0.2, 0.25) is 0 Å². The predicted molar refractivity (Wildman–Crippen MR) is 111 cm³/mol. The zero-order valence-corrected chi connectivity index (χ0v) is 15.7. The highest BCUT2D eigenvalue weighted by atomic mass is 16.5. The first-order valence-corrected chi connectivity index (χ1v) is 9.47. The van der Waals surface area contributed by atoms with E-state index in [1.165, 1.54) is 10.9 Å². The summed E-state index contributed by atoms with van der Waals surface area (Å²) < 4.78 is 8.77. The van der Waals surface area contributed by atoms with Crippen LogP contribution in [0.1, 0.15) is 5.56 Å². The van der Waals surface area contributed by atoms with Crippen molar-refractivity contribution in [2.75, 3.05) is 7.11 Å². The second-order valence-electron chi connectivity index (χ2n) is 7.16. The molecule has 29 heavy (non-hydrogen) atoms. The van der Waals surface area contributed by atoms with Crippen LogP contribution in [-0.2, 0) is 13.0 Å². The molecule has 2 aromatic carbocycles. The number of aromatic nitrogens is 5. The average molecular weight is 383 g/mol. The van der Waals surface area contributed by atoms with Crippen molar-refractivity contribution in [2.24, 2.45) is 0 Å². The number of hydrogen-bond donors (Lipinski definition) is 1. The summed E-state index contributed by atoms with van der Waals surface area (Å²) in [6.45, 7) is 0.607. The topological polar surface area (TPSA) is 77.7 Å². The van der Waals surface area contributed by atoms with E-state index in [4.69, 9.17) is 9.72 Å². The minimum absolute atomic E-state index is 0.0662. The van der Waals surface area contributed by atoms with E-state index in [0.717, 1.165) is 29.1 Å². The molecule has 1 aliphatic rings. The van der Waals surface area contributed by atoms with Gasteiger partial charge in [0.25, 0.3) is 5.56 Å². The van der Waals surface area contributed by atoms with Crippen LogP contribution < -0.4 is 10.3 Å². The zero-order chi connectivity index (χ0) is 19.5. The zero-order valence-electron chi connectivity index (χ0n) is 15.7. The van der Waals surface area contributed by atoms with Gasteiger partial charge in [0.05, 0.1) is 24.7 Å². The van der Waals surface area contributed by atoms with Gasteiger partial charge in [-0.2, -0.15) is 5.10 Å². The molecule has 1 N–H and O–H groups in total. The summed E-state index contributed by atoms with van der Waals surface area (Å²) >= 11 is 0. The summed E-state index contributed by atoms with van der Waals surface area (Å²) in [5, 5.41) is 6.14. The summed E-state index contributed by atoms with van der Waals surface area (Å²) in [4.78, 5) is 21.6. The van der Waals surface area contributed by atoms with E-state index < -0.39 is 0 Å². The highest BCUT2D eigenvalue weighted by molar-refractivity contribution is 5.91. The molecule has 0 unspecified atom stereocenters. The molecule has 0 atom stereocenters. The van der Waals surface area contributed by atoms with Gasteiger partial charge in [0, 0.05) is 23.5 Å². The Kier molecular flexibility index (Phi) is 3.23. The summed E-state index contributed by atoms with van der Waals surface area (Å²) in [6, 6.07) is 15.8. The monoisotopic (exact) mass is 383 g/mol. The maximum Gasteiger partial charge on any atom is 0.264 e. The minimum Gasteiger partial charge on any atom is -0.497 e. The Morgan fingerprint density at radius 3 is 2.90 bits per heavy atom. The number of para-hydroxylation sites is 1. The molecule has 0 bridgehead atoms. The van der Waals surface area contributed by atoms with Crippen LogP contribution in [0.25, 0.3) is 39.1 Å². The van der Waals surface area contributed by atoms with Crippen LogP contribution >= 0.6 is 0 Å². The second kappa shape index (κ2) is 5.81. The van der Waals surface area contributed by atoms with Crippen molar-refractivity contribution < 1.29 is 4.74 Å². The Hall–Kier alpha value is -3.87. The van der Waals surface area contributed by atoms with Crippen LogP contribution in [0, 0.1) is 0 Å². The van der Waals surface area contributed by atoms with Crippen molar-refractivity contribution in [3.63, 3.8) is 0 Å². The van der Waals surface area contributed by atoms with Gasteiger partial charge < -0.3 is 9.72 Å². The maximum absolute atomic E-state index is 13.2. The highest BCUT2D eigenvalue weighted by Crippen LogP contribution is 2.33. The Labute approximate surface area is 165 Å². The molecule has 5 aromatic rings. The maximum atomic E-state index is 13.2. The summed E-state index contributed by atoms with van der Waals surface area (Å²) in [6.07, 6.45) is 2.39. The summed E-state index contributed by atoms with van der Waals surface area (Å²) in [7, 11) is 1.62. The van der Waals surface area contributed by atoms with E-state index in [9.17, 15) is 4.79 Å². The Balaban J connectivity index is 1.64. The lowest BCUT2D eigenvalue weighted by molar-refractivity contribution is 0.414. The van der Waals surface area contributed by atoms with Gasteiger partial charge in [0.1, 0.15) is 11.1 Å². The van der Waals surface area contributed by atoms with E-state index in [1.54, 1.807) is 22.6 Å². The van der Waals surface area contributed by atoms with Gasteiger partial charge in [-0.05, 0) is 30.2 Å². The molecule has 3 aromatic heterocycles. The lowest BCUT2D eigenvalue weighted by atomic mass is 10.0. The first kappa shape index (κ1) is 16.1. The SMILES string of the molecule is COc1cccc(-n2ncc3c(=O)n4c(nc32)-c2[nH]c3ccccc3c2CC4)c1. The van der Waals surface area contributed by atoms with Crippen molar-refractivity contribution in [3.05, 3.63) is 70.6 Å². The molecular weight excluding hydrogens is 366 g/mol. The lowest BCUT2D eigenvalue weighted by Gasteiger charge is -2.18. The number of nitrogens with zero attached hydrogens (tertiary/aromatic N) is 4. The molecule has 0 saturated carbocycles. The third kappa shape index (κ3) is 2.21. The Morgan fingerprint density at radius 2 is 2.00 bits per heavy atom. The molecule has 142 valence electrons. The minimum atomic E-state index is -0.0662. The van der Waals surface area contributed by atoms with Crippen LogP contribution in [0.15, 0.2) is 59.5 Å². The number of H-pyrrole nitrogens is 1. The molecule has 4 heterocycles. The van der Waals surface area contributed by atoms with E-state index in [-0.39, 0.29) is 5.56 Å². The van der Waals surface area contributed by atoms with Crippen LogP contribution in [-0.4, -0.2) is 31.4 Å². The van der Waals surface area contributed by atoms with Gasteiger partial charge in [-0.25, -0.2) is 9.67 Å². The molecule has 7 heteroatoms. The molecule has 0 amide bonds. The largest absolute Gasteiger partial charge is 0.497 e. The number of rotatable bonds is 2. The number of hydrogen-bond acceptors (Lipinski definition) is 4. The first-order valence-electron chi connectivity index (χ1n) is 9.47. The molecule has 6 rings (SSSR count). The standard InChI is InChI=1S/C22H17N5O2/c1-29-14-6-4-5-13(11-14)27-20-17(12-23-27)22(28)26-10-9-16-15-7-2-3-8-18(15)24-19(16)21(26)25-20/h2-8,11-12,24H,9-10H2,1H3. The Bertz CT molecular complexity index is 1470. The van der Waals surface area contributed by atoms with Gasteiger partial charge in [-0.15, -0.1) is 0 Å². The number of ether oxygens (including phenoxy) is 1. The van der Waals surface area contributed by atoms with E-state index >= 15 is 0 Å². The summed E-state index contributed by atoms with van der Waals surface area (Å²) in [5.41, 5.74) is 4.45. The van der Waals surface area contributed by atoms with Gasteiger partial charge in [0.2, 0.25) is 0 Å². The molecule has 0 aliphatic carbocycles. The third-order valence-electron chi connectivity index (χ3n) is 5.61. The summed E-state index contributed by atoms with van der Waals surface area (Å²) in [5.74, 6) is 1.38. The van der Waals surface area contributed by atoms with Gasteiger partial charge in [0.15, 0.2) is 11.5 Å². The third-order valence-corrected chi connectivity index (χ3v) is 5.61. The molecule has 0 fully saturated rings. The quantitative estimate of drug-likeness (QED) is 0.507. The fourth-order valence-corrected chi connectivity index (χ4v) is 4.21. The predicted octanol–water partition coefficient (Wildman–Crippen LogP) is 3.30. The number of nitrogens with one attached hydrogen (secondary N) is 1. The molecular formula is C22H17N5O2. The number of fused-ring (bicyclic) bond motifs is 6. The number of aromatic amines is 1. The lowest BCUT2D eigenvalue weighted by Crippen LogP contribution is -2.27. The van der Waals surface area contributed by atoms with Crippen LogP contribution in [0.3, 0.4) is 0 Å². The first-order chi connectivity index (χ1) is 14.2. The highest BCUT2D eigenvalue weighted by Gasteiger charge is 2.25. The van der Waals surface area contributed by atoms with E-state index in [1.807, 2.05) is 36.4 Å². The van der Waals surface area contributed by atoms with Crippen LogP contribution in [0.5, 0.6) is 5.75 Å². The van der Waals surface area contributed by atoms with Crippen LogP contribution in [0.4, 0.5) is 0 Å². The molecule has 1 aliphatic heterocycles. The average Bonchev–Trinajstić information content (AvgIpc) is 3.36. The van der Waals surface area contributed by atoms with Crippen molar-refractivity contribution in [2.45, 2.75) is 13.0 Å². The van der Waals surface area contributed by atoms with Crippen molar-refractivity contribution in [3.8, 4) is 23.0 Å². The van der Waals surface area contributed by atoms with Crippen molar-refractivity contribution in [1.29, 1.82) is 0 Å². The van der Waals surface area contributed by atoms with E-state index in [0.29, 0.717) is 23.4 Å². The molecule has 7 nitrogen and oxygen atoms in total. The van der Waals surface area contributed by atoms with Crippen molar-refractivity contribution >= 4 is 21.9 Å². The number of aryl methyl sites for hydroxylation is 1. The molecule has 0 spiro atoms. The number of methoxy groups -OCH3 is 1. The fourth-order valence-electron chi connectivity index (χ4n) is 4.21. The van der Waals surface area contributed by atoms with E-state index in [2.05, 4.69) is 22.2 Å². The molecule has 0 saturated heterocycles.